The van der Waals surface area contributed by atoms with Gasteiger partial charge in [0.25, 0.3) is 0 Å². The van der Waals surface area contributed by atoms with Crippen molar-refractivity contribution in [3.05, 3.63) is 127 Å². The summed E-state index contributed by atoms with van der Waals surface area (Å²) in [6.45, 7) is 0. The second kappa shape index (κ2) is 7.75. The summed E-state index contributed by atoms with van der Waals surface area (Å²) >= 11 is 0. The van der Waals surface area contributed by atoms with Crippen molar-refractivity contribution < 1.29 is 4.42 Å². The van der Waals surface area contributed by atoms with Gasteiger partial charge in [-0.25, -0.2) is 0 Å². The highest BCUT2D eigenvalue weighted by Crippen LogP contribution is 2.42. The zero-order valence-electron chi connectivity index (χ0n) is 21.3. The Labute approximate surface area is 224 Å². The molecule has 3 heterocycles. The predicted octanol–water partition coefficient (Wildman–Crippen LogP) is 9.59. The van der Waals surface area contributed by atoms with E-state index in [1.807, 2.05) is 0 Å². The van der Waals surface area contributed by atoms with Crippen molar-refractivity contribution in [3.63, 3.8) is 0 Å². The van der Waals surface area contributed by atoms with E-state index < -0.39 is 0 Å². The Bertz CT molecular complexity index is 2270. The molecule has 0 radical (unpaired) electrons. The normalized spacial score (nSPS) is 13.3. The van der Waals surface area contributed by atoms with Crippen molar-refractivity contribution in [2.45, 2.75) is 12.8 Å². The number of rotatable bonds is 2. The predicted molar refractivity (Wildman–Crippen MR) is 162 cm³/mol. The molecule has 0 fully saturated rings. The molecule has 9 rings (SSSR count). The fourth-order valence-corrected chi connectivity index (χ4v) is 6.69. The molecule has 184 valence electrons. The maximum absolute atomic E-state index is 6.41. The van der Waals surface area contributed by atoms with E-state index in [1.165, 1.54) is 54.6 Å². The Balaban J connectivity index is 1.48. The quantitative estimate of drug-likeness (QED) is 0.232. The number of hydrogen-bond acceptors (Lipinski definition) is 1. The van der Waals surface area contributed by atoms with Gasteiger partial charge in [0.15, 0.2) is 0 Å². The summed E-state index contributed by atoms with van der Waals surface area (Å²) in [5, 5.41) is 6.21. The summed E-state index contributed by atoms with van der Waals surface area (Å²) < 4.78 is 11.3. The van der Waals surface area contributed by atoms with E-state index >= 15 is 0 Å². The van der Waals surface area contributed by atoms with Gasteiger partial charge in [-0.15, -0.1) is 0 Å². The van der Waals surface area contributed by atoms with Crippen LogP contribution in [0.25, 0.3) is 72.0 Å². The fraction of sp³-hybridized carbons (Fsp3) is 0.0556. The average molecular weight is 501 g/mol. The van der Waals surface area contributed by atoms with Gasteiger partial charge in [-0.3, -0.25) is 0 Å². The molecule has 0 amide bonds. The van der Waals surface area contributed by atoms with Crippen molar-refractivity contribution in [1.82, 2.24) is 9.13 Å². The largest absolute Gasteiger partial charge is 0.460 e. The lowest BCUT2D eigenvalue weighted by Crippen LogP contribution is -1.98. The zero-order chi connectivity index (χ0) is 25.5. The van der Waals surface area contributed by atoms with Crippen LogP contribution in [0.5, 0.6) is 0 Å². The van der Waals surface area contributed by atoms with E-state index in [1.54, 1.807) is 0 Å². The summed E-state index contributed by atoms with van der Waals surface area (Å²) in [6.07, 6.45) is 6.46. The van der Waals surface area contributed by atoms with Gasteiger partial charge in [0.1, 0.15) is 11.3 Å². The van der Waals surface area contributed by atoms with Gasteiger partial charge < -0.3 is 13.6 Å². The molecule has 8 aromatic rings. The molecule has 3 aromatic heterocycles. The van der Waals surface area contributed by atoms with E-state index in [4.69, 9.17) is 4.42 Å². The molecule has 39 heavy (non-hydrogen) atoms. The minimum atomic E-state index is 0.950. The van der Waals surface area contributed by atoms with Gasteiger partial charge in [-0.05, 0) is 42.8 Å². The van der Waals surface area contributed by atoms with Crippen LogP contribution in [0.1, 0.15) is 17.7 Å². The summed E-state index contributed by atoms with van der Waals surface area (Å²) in [5.74, 6) is 1.10. The van der Waals surface area contributed by atoms with Gasteiger partial charge in [0, 0.05) is 50.7 Å². The highest BCUT2D eigenvalue weighted by atomic mass is 16.3. The standard InChI is InChI=1S/C36H24N2O/c1-2-10-23(11-3-1)37-31-15-7-4-12-25(31)29-20-21-30-26-13-5-8-16-32(26)38(36(30)35(29)37)24-18-19-28-27-14-6-9-17-33(27)39-34(28)22-24/h1-8,10-16,18-22H,9,17H2. The smallest absolute Gasteiger partial charge is 0.137 e. The summed E-state index contributed by atoms with van der Waals surface area (Å²) in [6, 6.07) is 39.5. The maximum Gasteiger partial charge on any atom is 0.137 e. The average Bonchev–Trinajstić information content (AvgIpc) is 3.65. The minimum absolute atomic E-state index is 0.950. The van der Waals surface area contributed by atoms with Crippen LogP contribution in [-0.2, 0) is 6.42 Å². The molecular formula is C36H24N2O. The minimum Gasteiger partial charge on any atom is -0.460 e. The van der Waals surface area contributed by atoms with Crippen LogP contribution in [-0.4, -0.2) is 9.13 Å². The van der Waals surface area contributed by atoms with Crippen LogP contribution in [0, 0.1) is 0 Å². The highest BCUT2D eigenvalue weighted by molar-refractivity contribution is 6.23. The number of furan rings is 1. The summed E-state index contributed by atoms with van der Waals surface area (Å²) in [5.41, 5.74) is 9.30. The molecule has 3 nitrogen and oxygen atoms in total. The first-order valence-electron chi connectivity index (χ1n) is 13.6. The Morgan fingerprint density at radius 3 is 1.87 bits per heavy atom. The van der Waals surface area contributed by atoms with E-state index in [9.17, 15) is 0 Å². The first kappa shape index (κ1) is 21.0. The molecule has 0 aliphatic heterocycles. The highest BCUT2D eigenvalue weighted by Gasteiger charge is 2.22. The number of aryl methyl sites for hydroxylation is 1. The van der Waals surface area contributed by atoms with Crippen LogP contribution in [0.4, 0.5) is 0 Å². The molecular weight excluding hydrogens is 476 g/mol. The number of benzene rings is 5. The van der Waals surface area contributed by atoms with E-state index in [2.05, 4.69) is 130 Å². The van der Waals surface area contributed by atoms with Gasteiger partial charge in [0.05, 0.1) is 27.8 Å². The Kier molecular flexibility index (Phi) is 4.17. The number of para-hydroxylation sites is 3. The number of nitrogens with zero attached hydrogens (tertiary/aromatic N) is 2. The zero-order valence-corrected chi connectivity index (χ0v) is 21.3. The second-order valence-corrected chi connectivity index (χ2v) is 10.5. The molecule has 0 atom stereocenters. The van der Waals surface area contributed by atoms with Crippen molar-refractivity contribution in [2.75, 3.05) is 0 Å². The Hall–Kier alpha value is -5.02. The molecule has 1 aliphatic carbocycles. The third kappa shape index (κ3) is 2.82. The maximum atomic E-state index is 6.41. The number of aromatic nitrogens is 2. The van der Waals surface area contributed by atoms with Gasteiger partial charge >= 0.3 is 0 Å². The lowest BCUT2D eigenvalue weighted by molar-refractivity contribution is 0.546. The van der Waals surface area contributed by atoms with Crippen molar-refractivity contribution in [2.24, 2.45) is 0 Å². The SMILES string of the molecule is C1=Cc2c(oc3cc(-n4c5ccccc5c5ccc6c7ccccc7n(-c7ccccc7)c6c54)ccc23)CC1. The van der Waals surface area contributed by atoms with Crippen molar-refractivity contribution in [1.29, 1.82) is 0 Å². The van der Waals surface area contributed by atoms with E-state index in [-0.39, 0.29) is 0 Å². The van der Waals surface area contributed by atoms with E-state index in [0.29, 0.717) is 0 Å². The molecule has 1 aliphatic rings. The third-order valence-electron chi connectivity index (χ3n) is 8.35. The molecule has 3 heteroatoms. The van der Waals surface area contributed by atoms with Crippen LogP contribution in [0.15, 0.2) is 120 Å². The molecule has 0 unspecified atom stereocenters. The molecule has 0 N–H and O–H groups in total. The lowest BCUT2D eigenvalue weighted by Gasteiger charge is -2.12. The van der Waals surface area contributed by atoms with Crippen molar-refractivity contribution in [3.8, 4) is 11.4 Å². The molecule has 0 bridgehead atoms. The summed E-state index contributed by atoms with van der Waals surface area (Å²) in [4.78, 5) is 0. The Morgan fingerprint density at radius 1 is 0.538 bits per heavy atom. The first-order valence-corrected chi connectivity index (χ1v) is 13.6. The number of fused-ring (bicyclic) bond motifs is 10. The first-order chi connectivity index (χ1) is 19.4. The summed E-state index contributed by atoms with van der Waals surface area (Å²) in [7, 11) is 0. The van der Waals surface area contributed by atoms with Crippen LogP contribution in [0.2, 0.25) is 0 Å². The third-order valence-corrected chi connectivity index (χ3v) is 8.35. The van der Waals surface area contributed by atoms with Crippen LogP contribution >= 0.6 is 0 Å². The molecule has 0 spiro atoms. The number of allylic oxidation sites excluding steroid dienone is 1. The molecule has 0 saturated heterocycles. The van der Waals surface area contributed by atoms with Gasteiger partial charge in [-0.2, -0.15) is 0 Å². The van der Waals surface area contributed by atoms with Crippen LogP contribution in [0.3, 0.4) is 0 Å². The van der Waals surface area contributed by atoms with Gasteiger partial charge in [-0.1, -0.05) is 78.9 Å². The lowest BCUT2D eigenvalue weighted by atomic mass is 10.0. The fourth-order valence-electron chi connectivity index (χ4n) is 6.69. The molecule has 5 aromatic carbocycles. The van der Waals surface area contributed by atoms with Crippen molar-refractivity contribution >= 4 is 60.7 Å². The van der Waals surface area contributed by atoms with Gasteiger partial charge in [0.2, 0.25) is 0 Å². The second-order valence-electron chi connectivity index (χ2n) is 10.5. The monoisotopic (exact) mass is 500 g/mol. The van der Waals surface area contributed by atoms with E-state index in [0.717, 1.165) is 35.6 Å². The Morgan fingerprint density at radius 2 is 1.15 bits per heavy atom. The topological polar surface area (TPSA) is 23.0 Å². The molecule has 0 saturated carbocycles. The number of hydrogen-bond donors (Lipinski definition) is 0. The van der Waals surface area contributed by atoms with Crippen LogP contribution < -0.4 is 0 Å².